The van der Waals surface area contributed by atoms with Gasteiger partial charge < -0.3 is 4.74 Å². The van der Waals surface area contributed by atoms with E-state index in [1.165, 1.54) is 11.1 Å². The minimum absolute atomic E-state index is 0.0518. The van der Waals surface area contributed by atoms with Gasteiger partial charge in [-0.3, -0.25) is 9.63 Å². The first-order valence-electron chi connectivity index (χ1n) is 8.37. The number of carbonyl (C=O) groups is 1. The quantitative estimate of drug-likeness (QED) is 0.791. The Morgan fingerprint density at radius 1 is 1.04 bits per heavy atom. The average Bonchev–Trinajstić information content (AvgIpc) is 3.04. The summed E-state index contributed by atoms with van der Waals surface area (Å²) < 4.78 is 5.44. The van der Waals surface area contributed by atoms with Crippen molar-refractivity contribution in [1.82, 2.24) is 5.06 Å². The first kappa shape index (κ1) is 15.4. The van der Waals surface area contributed by atoms with Gasteiger partial charge in [-0.05, 0) is 30.5 Å². The fourth-order valence-electron chi connectivity index (χ4n) is 3.60. The lowest BCUT2D eigenvalue weighted by atomic mass is 9.96. The maximum Gasteiger partial charge on any atom is 0.325 e. The Morgan fingerprint density at radius 3 is 2.62 bits per heavy atom. The lowest BCUT2D eigenvalue weighted by Gasteiger charge is -2.34. The largest absolute Gasteiger partial charge is 0.462 e. The molecule has 2 saturated heterocycles. The van der Waals surface area contributed by atoms with E-state index in [9.17, 15) is 4.79 Å². The second-order valence-electron chi connectivity index (χ2n) is 6.62. The number of hydrogen-bond donors (Lipinski definition) is 0. The maximum absolute atomic E-state index is 12.2. The summed E-state index contributed by atoms with van der Waals surface area (Å²) >= 11 is 0. The van der Waals surface area contributed by atoms with Crippen LogP contribution in [0.4, 0.5) is 0 Å². The molecule has 0 unspecified atom stereocenters. The molecule has 2 fully saturated rings. The fraction of sp³-hybridized carbons (Fsp3) is 0.350. The Morgan fingerprint density at radius 2 is 1.83 bits per heavy atom. The zero-order valence-corrected chi connectivity index (χ0v) is 13.9. The number of carbonyl (C=O) groups excluding carboxylic acids is 1. The second kappa shape index (κ2) is 6.04. The molecule has 0 bridgehead atoms. The smallest absolute Gasteiger partial charge is 0.325 e. The van der Waals surface area contributed by atoms with E-state index in [0.29, 0.717) is 13.0 Å². The monoisotopic (exact) mass is 323 g/mol. The summed E-state index contributed by atoms with van der Waals surface area (Å²) in [5.41, 5.74) is 4.65. The Kier molecular flexibility index (Phi) is 3.87. The first-order chi connectivity index (χ1) is 11.6. The highest BCUT2D eigenvalue weighted by atomic mass is 16.7. The van der Waals surface area contributed by atoms with E-state index in [0.717, 1.165) is 11.1 Å². The molecule has 124 valence electrons. The van der Waals surface area contributed by atoms with Gasteiger partial charge in [0.25, 0.3) is 0 Å². The van der Waals surface area contributed by atoms with Crippen LogP contribution in [0, 0.1) is 13.8 Å². The lowest BCUT2D eigenvalue weighted by Crippen LogP contribution is -2.46. The average molecular weight is 323 g/mol. The summed E-state index contributed by atoms with van der Waals surface area (Å²) in [6, 6.07) is 16.1. The van der Waals surface area contributed by atoms with Crippen molar-refractivity contribution in [2.45, 2.75) is 38.5 Å². The number of hydrogen-bond acceptors (Lipinski definition) is 4. The number of cyclic esters (lactones) is 1. The predicted octanol–water partition coefficient (Wildman–Crippen LogP) is 3.65. The highest BCUT2D eigenvalue weighted by Crippen LogP contribution is 2.42. The predicted molar refractivity (Wildman–Crippen MR) is 90.1 cm³/mol. The van der Waals surface area contributed by atoms with Crippen LogP contribution in [0.5, 0.6) is 0 Å². The summed E-state index contributed by atoms with van der Waals surface area (Å²) in [5.74, 6) is -0.185. The second-order valence-corrected chi connectivity index (χ2v) is 6.62. The number of rotatable bonds is 2. The van der Waals surface area contributed by atoms with Crippen LogP contribution < -0.4 is 0 Å². The third kappa shape index (κ3) is 2.62. The van der Waals surface area contributed by atoms with Gasteiger partial charge >= 0.3 is 5.97 Å². The number of fused-ring (bicyclic) bond motifs is 1. The van der Waals surface area contributed by atoms with Crippen molar-refractivity contribution >= 4 is 5.97 Å². The third-order valence-electron chi connectivity index (χ3n) is 4.92. The van der Waals surface area contributed by atoms with Crippen molar-refractivity contribution in [2.75, 3.05) is 6.61 Å². The van der Waals surface area contributed by atoms with Crippen LogP contribution in [-0.2, 0) is 14.4 Å². The van der Waals surface area contributed by atoms with Crippen molar-refractivity contribution in [3.05, 3.63) is 70.8 Å². The molecule has 4 heteroatoms. The topological polar surface area (TPSA) is 38.8 Å². The van der Waals surface area contributed by atoms with Gasteiger partial charge in [0.05, 0.1) is 6.04 Å². The Hall–Kier alpha value is -2.17. The normalized spacial score (nSPS) is 26.9. The van der Waals surface area contributed by atoms with Crippen LogP contribution in [0.15, 0.2) is 48.5 Å². The van der Waals surface area contributed by atoms with Crippen LogP contribution in [0.1, 0.15) is 40.8 Å². The lowest BCUT2D eigenvalue weighted by molar-refractivity contribution is -0.228. The molecule has 24 heavy (non-hydrogen) atoms. The van der Waals surface area contributed by atoms with Crippen LogP contribution in [0.25, 0.3) is 0 Å². The van der Waals surface area contributed by atoms with Gasteiger partial charge in [-0.25, -0.2) is 0 Å². The summed E-state index contributed by atoms with van der Waals surface area (Å²) in [7, 11) is 0. The first-order valence-corrected chi connectivity index (χ1v) is 8.37. The molecule has 0 amide bonds. The van der Waals surface area contributed by atoms with Crippen molar-refractivity contribution < 1.29 is 14.4 Å². The van der Waals surface area contributed by atoms with E-state index in [2.05, 4.69) is 44.2 Å². The van der Waals surface area contributed by atoms with Crippen LogP contribution >= 0.6 is 0 Å². The molecule has 0 radical (unpaired) electrons. The summed E-state index contributed by atoms with van der Waals surface area (Å²) in [5, 5.41) is 1.85. The third-order valence-corrected chi connectivity index (χ3v) is 4.92. The van der Waals surface area contributed by atoms with Gasteiger partial charge in [-0.2, -0.15) is 5.06 Å². The van der Waals surface area contributed by atoms with Gasteiger partial charge in [0, 0.05) is 6.42 Å². The van der Waals surface area contributed by atoms with Crippen LogP contribution in [-0.4, -0.2) is 23.7 Å². The summed E-state index contributed by atoms with van der Waals surface area (Å²) in [6.07, 6.45) is 0.527. The SMILES string of the molecule is Cc1ccc(C)c([C@@H]2C[C@H]3C(=O)OC[C@H](c4ccccc4)N3O2)c1. The highest BCUT2D eigenvalue weighted by Gasteiger charge is 2.47. The minimum Gasteiger partial charge on any atom is -0.462 e. The molecule has 0 N–H and O–H groups in total. The molecule has 2 aromatic carbocycles. The van der Waals surface area contributed by atoms with Crippen molar-refractivity contribution in [2.24, 2.45) is 0 Å². The number of benzene rings is 2. The molecular formula is C20H21NO3. The molecule has 2 heterocycles. The molecule has 2 aliphatic rings. The van der Waals surface area contributed by atoms with Gasteiger partial charge in [0.1, 0.15) is 18.8 Å². The summed E-state index contributed by atoms with van der Waals surface area (Å²) in [4.78, 5) is 18.5. The Balaban J connectivity index is 1.65. The number of esters is 1. The van der Waals surface area contributed by atoms with Crippen molar-refractivity contribution in [3.63, 3.8) is 0 Å². The molecule has 2 aliphatic heterocycles. The molecule has 3 atom stereocenters. The zero-order chi connectivity index (χ0) is 16.7. The Bertz CT molecular complexity index is 759. The van der Waals surface area contributed by atoms with Gasteiger partial charge in [-0.1, -0.05) is 54.1 Å². The maximum atomic E-state index is 12.2. The zero-order valence-electron chi connectivity index (χ0n) is 13.9. The molecule has 2 aromatic rings. The number of aryl methyl sites for hydroxylation is 2. The van der Waals surface area contributed by atoms with E-state index in [1.807, 2.05) is 23.3 Å². The molecule has 0 aromatic heterocycles. The van der Waals surface area contributed by atoms with E-state index in [1.54, 1.807) is 0 Å². The van der Waals surface area contributed by atoms with Crippen LogP contribution in [0.3, 0.4) is 0 Å². The van der Waals surface area contributed by atoms with E-state index >= 15 is 0 Å². The number of morpholine rings is 1. The molecule has 0 aliphatic carbocycles. The number of nitrogens with zero attached hydrogens (tertiary/aromatic N) is 1. The standard InChI is InChI=1S/C20H21NO3/c1-13-8-9-14(2)16(10-13)19-11-17-20(22)23-12-18(21(17)24-19)15-6-4-3-5-7-15/h3-10,17-19H,11-12H2,1-2H3/t17-,18+,19-/m0/s1. The van der Waals surface area contributed by atoms with Gasteiger partial charge in [0.2, 0.25) is 0 Å². The van der Waals surface area contributed by atoms with Crippen LogP contribution in [0.2, 0.25) is 0 Å². The van der Waals surface area contributed by atoms with Crippen molar-refractivity contribution in [1.29, 1.82) is 0 Å². The fourth-order valence-corrected chi connectivity index (χ4v) is 3.60. The number of ether oxygens (including phenoxy) is 1. The van der Waals surface area contributed by atoms with E-state index in [4.69, 9.17) is 9.57 Å². The minimum atomic E-state index is -0.339. The Labute approximate surface area is 141 Å². The molecular weight excluding hydrogens is 302 g/mol. The molecule has 0 spiro atoms. The van der Waals surface area contributed by atoms with Crippen molar-refractivity contribution in [3.8, 4) is 0 Å². The highest BCUT2D eigenvalue weighted by molar-refractivity contribution is 5.77. The van der Waals surface area contributed by atoms with Gasteiger partial charge in [0.15, 0.2) is 0 Å². The van der Waals surface area contributed by atoms with Gasteiger partial charge in [-0.15, -0.1) is 0 Å². The summed E-state index contributed by atoms with van der Waals surface area (Å²) in [6.45, 7) is 4.49. The molecule has 4 rings (SSSR count). The van der Waals surface area contributed by atoms with E-state index < -0.39 is 0 Å². The van der Waals surface area contributed by atoms with E-state index in [-0.39, 0.29) is 24.2 Å². The molecule has 0 saturated carbocycles. The number of hydroxylamine groups is 2. The molecule has 4 nitrogen and oxygen atoms in total.